The van der Waals surface area contributed by atoms with E-state index in [1.165, 1.54) is 0 Å². The fraction of sp³-hybridized carbons (Fsp3) is 0.467. The summed E-state index contributed by atoms with van der Waals surface area (Å²) in [6.07, 6.45) is -4.51. The number of hydrogen-bond acceptors (Lipinski definition) is 4. The summed E-state index contributed by atoms with van der Waals surface area (Å²) in [5.41, 5.74) is 1.50. The number of carbonyl (C=O) groups excluding carboxylic acids is 1. The normalized spacial score (nSPS) is 12.0. The largest absolute Gasteiger partial charge is 0.460 e. The van der Waals surface area contributed by atoms with Gasteiger partial charge in [0.1, 0.15) is 0 Å². The topological polar surface area (TPSA) is 53.9 Å². The van der Waals surface area contributed by atoms with E-state index in [1.54, 1.807) is 11.8 Å². The molecule has 0 bridgehead atoms. The fourth-order valence-corrected chi connectivity index (χ4v) is 2.02. The lowest BCUT2D eigenvalue weighted by Gasteiger charge is -2.21. The molecular formula is C15H19ClF3N3O2. The van der Waals surface area contributed by atoms with Crippen molar-refractivity contribution >= 4 is 29.1 Å². The van der Waals surface area contributed by atoms with Crippen LogP contribution in [0.3, 0.4) is 0 Å². The molecule has 1 aromatic carbocycles. The number of hydrazone groups is 1. The molecule has 0 aliphatic carbocycles. The summed E-state index contributed by atoms with van der Waals surface area (Å²) in [6, 6.07) is 2.81. The quantitative estimate of drug-likeness (QED) is 0.371. The van der Waals surface area contributed by atoms with Crippen LogP contribution < -0.4 is 5.43 Å². The summed E-state index contributed by atoms with van der Waals surface area (Å²) in [6.45, 7) is 6.39. The Morgan fingerprint density at radius 3 is 2.42 bits per heavy atom. The second-order valence-corrected chi connectivity index (χ2v) is 5.04. The van der Waals surface area contributed by atoms with E-state index in [1.807, 2.05) is 13.8 Å². The number of amidine groups is 1. The van der Waals surface area contributed by atoms with E-state index >= 15 is 0 Å². The van der Waals surface area contributed by atoms with Gasteiger partial charge in [0.05, 0.1) is 22.9 Å². The van der Waals surface area contributed by atoms with Gasteiger partial charge in [0.2, 0.25) is 5.84 Å². The second-order valence-electron chi connectivity index (χ2n) is 4.63. The van der Waals surface area contributed by atoms with Crippen molar-refractivity contribution in [3.05, 3.63) is 28.8 Å². The van der Waals surface area contributed by atoms with E-state index in [9.17, 15) is 18.0 Å². The van der Waals surface area contributed by atoms with Crippen molar-refractivity contribution in [1.29, 1.82) is 0 Å². The van der Waals surface area contributed by atoms with Gasteiger partial charge >= 0.3 is 12.1 Å². The van der Waals surface area contributed by atoms with E-state index in [0.29, 0.717) is 13.1 Å². The van der Waals surface area contributed by atoms with Gasteiger partial charge in [-0.2, -0.15) is 13.2 Å². The molecule has 0 spiro atoms. The summed E-state index contributed by atoms with van der Waals surface area (Å²) in [5.74, 6) is -0.702. The first kappa shape index (κ1) is 20.1. The minimum atomic E-state index is -4.51. The summed E-state index contributed by atoms with van der Waals surface area (Å²) >= 11 is 5.89. The van der Waals surface area contributed by atoms with E-state index in [-0.39, 0.29) is 23.2 Å². The van der Waals surface area contributed by atoms with Gasteiger partial charge in [-0.15, -0.1) is 5.10 Å². The van der Waals surface area contributed by atoms with Crippen molar-refractivity contribution in [1.82, 2.24) is 4.90 Å². The van der Waals surface area contributed by atoms with Crippen LogP contribution in [0.15, 0.2) is 23.3 Å². The summed E-state index contributed by atoms with van der Waals surface area (Å²) in [7, 11) is 0. The van der Waals surface area contributed by atoms with Crippen LogP contribution in [0.4, 0.5) is 18.9 Å². The Kier molecular flexibility index (Phi) is 7.34. The number of alkyl halides is 3. The predicted octanol–water partition coefficient (Wildman–Crippen LogP) is 3.99. The maximum absolute atomic E-state index is 12.8. The minimum absolute atomic E-state index is 0.0321. The standard InChI is InChI=1S/C15H19ClF3N3O2/c1-4-22(5-2)13(14(23)24-6-3)21-20-12-9-10(15(17,18)19)7-8-11(12)16/h7-9,20H,4-6H2,1-3H3/b21-13-. The molecule has 134 valence electrons. The Bertz CT molecular complexity index is 602. The number of rotatable bonds is 5. The van der Waals surface area contributed by atoms with Crippen LogP contribution in [-0.2, 0) is 15.7 Å². The van der Waals surface area contributed by atoms with Crippen LogP contribution in [0.5, 0.6) is 0 Å². The molecule has 0 atom stereocenters. The monoisotopic (exact) mass is 365 g/mol. The van der Waals surface area contributed by atoms with Gasteiger partial charge in [0.15, 0.2) is 0 Å². The van der Waals surface area contributed by atoms with Gasteiger partial charge in [-0.1, -0.05) is 11.6 Å². The van der Waals surface area contributed by atoms with Crippen LogP contribution in [0, 0.1) is 0 Å². The molecule has 5 nitrogen and oxygen atoms in total. The number of hydrogen-bond donors (Lipinski definition) is 1. The smallest absolute Gasteiger partial charge is 0.416 e. The van der Waals surface area contributed by atoms with Gasteiger partial charge < -0.3 is 9.64 Å². The molecule has 1 aromatic rings. The van der Waals surface area contributed by atoms with Crippen molar-refractivity contribution in [3.8, 4) is 0 Å². The number of benzene rings is 1. The Morgan fingerprint density at radius 1 is 1.29 bits per heavy atom. The lowest BCUT2D eigenvalue weighted by molar-refractivity contribution is -0.137. The zero-order chi connectivity index (χ0) is 18.3. The van der Waals surface area contributed by atoms with E-state index < -0.39 is 17.7 Å². The number of esters is 1. The maximum Gasteiger partial charge on any atom is 0.416 e. The predicted molar refractivity (Wildman–Crippen MR) is 87.1 cm³/mol. The lowest BCUT2D eigenvalue weighted by atomic mass is 10.2. The number of nitrogens with zero attached hydrogens (tertiary/aromatic N) is 2. The molecule has 0 saturated heterocycles. The Balaban J connectivity index is 3.15. The average Bonchev–Trinajstić information content (AvgIpc) is 2.51. The van der Waals surface area contributed by atoms with Crippen molar-refractivity contribution in [2.45, 2.75) is 26.9 Å². The highest BCUT2D eigenvalue weighted by molar-refractivity contribution is 6.35. The maximum atomic E-state index is 12.8. The van der Waals surface area contributed by atoms with Gasteiger partial charge in [-0.3, -0.25) is 5.43 Å². The molecule has 0 radical (unpaired) electrons. The third kappa shape index (κ3) is 5.30. The highest BCUT2D eigenvalue weighted by Crippen LogP contribution is 2.33. The zero-order valence-corrected chi connectivity index (χ0v) is 14.3. The third-order valence-corrected chi connectivity index (χ3v) is 3.43. The molecule has 0 aromatic heterocycles. The van der Waals surface area contributed by atoms with Gasteiger partial charge in [-0.25, -0.2) is 4.79 Å². The van der Waals surface area contributed by atoms with E-state index in [2.05, 4.69) is 10.5 Å². The van der Waals surface area contributed by atoms with Crippen molar-refractivity contribution in [2.75, 3.05) is 25.1 Å². The molecule has 0 aliphatic rings. The molecule has 0 saturated carbocycles. The summed E-state index contributed by atoms with van der Waals surface area (Å²) in [4.78, 5) is 13.6. The SMILES string of the molecule is CCOC(=O)/C(=N/Nc1cc(C(F)(F)F)ccc1Cl)N(CC)CC. The first-order chi connectivity index (χ1) is 11.2. The van der Waals surface area contributed by atoms with Crippen LogP contribution in [-0.4, -0.2) is 36.4 Å². The van der Waals surface area contributed by atoms with E-state index in [4.69, 9.17) is 16.3 Å². The van der Waals surface area contributed by atoms with Gasteiger partial charge in [-0.05, 0) is 39.0 Å². The lowest BCUT2D eigenvalue weighted by Crippen LogP contribution is -2.38. The molecule has 0 unspecified atom stereocenters. The molecular weight excluding hydrogens is 347 g/mol. The number of nitrogens with one attached hydrogen (secondary N) is 1. The van der Waals surface area contributed by atoms with Crippen LogP contribution in [0.25, 0.3) is 0 Å². The Morgan fingerprint density at radius 2 is 1.92 bits per heavy atom. The first-order valence-electron chi connectivity index (χ1n) is 7.37. The molecule has 0 amide bonds. The highest BCUT2D eigenvalue weighted by atomic mass is 35.5. The summed E-state index contributed by atoms with van der Waals surface area (Å²) < 4.78 is 43.2. The van der Waals surface area contributed by atoms with Crippen LogP contribution in [0.1, 0.15) is 26.3 Å². The first-order valence-corrected chi connectivity index (χ1v) is 7.74. The number of halogens is 4. The number of ether oxygens (including phenoxy) is 1. The van der Waals surface area contributed by atoms with E-state index in [0.717, 1.165) is 18.2 Å². The second kappa shape index (κ2) is 8.77. The molecule has 9 heteroatoms. The zero-order valence-electron chi connectivity index (χ0n) is 13.6. The number of carbonyl (C=O) groups is 1. The molecule has 0 aliphatic heterocycles. The fourth-order valence-electron chi connectivity index (χ4n) is 1.86. The highest BCUT2D eigenvalue weighted by Gasteiger charge is 2.31. The van der Waals surface area contributed by atoms with Gasteiger partial charge in [0, 0.05) is 13.1 Å². The van der Waals surface area contributed by atoms with Crippen molar-refractivity contribution in [3.63, 3.8) is 0 Å². The Hall–Kier alpha value is -1.96. The molecule has 1 rings (SSSR count). The van der Waals surface area contributed by atoms with Gasteiger partial charge in [0.25, 0.3) is 0 Å². The molecule has 0 fully saturated rings. The minimum Gasteiger partial charge on any atom is -0.460 e. The Labute approximate surface area is 143 Å². The number of anilines is 1. The van der Waals surface area contributed by atoms with Crippen LogP contribution >= 0.6 is 11.6 Å². The van der Waals surface area contributed by atoms with Crippen molar-refractivity contribution < 1.29 is 22.7 Å². The van der Waals surface area contributed by atoms with Crippen molar-refractivity contribution in [2.24, 2.45) is 5.10 Å². The van der Waals surface area contributed by atoms with Crippen LogP contribution in [0.2, 0.25) is 5.02 Å². The third-order valence-electron chi connectivity index (χ3n) is 3.10. The average molecular weight is 366 g/mol. The number of likely N-dealkylation sites (N-methyl/N-ethyl adjacent to an activating group) is 1. The molecule has 0 heterocycles. The molecule has 24 heavy (non-hydrogen) atoms. The molecule has 1 N–H and O–H groups in total. The summed E-state index contributed by atoms with van der Waals surface area (Å²) in [5, 5.41) is 3.96.